The summed E-state index contributed by atoms with van der Waals surface area (Å²) in [6.07, 6.45) is 0. The average molecular weight is 236 g/mol. The van der Waals surface area contributed by atoms with Crippen LogP contribution in [-0.2, 0) is 4.79 Å². The fourth-order valence-electron chi connectivity index (χ4n) is 0.951. The number of carboxylic acid groups (broad SMARTS) is 1. The summed E-state index contributed by atoms with van der Waals surface area (Å²) in [7, 11) is -0.549. The van der Waals surface area contributed by atoms with Gasteiger partial charge in [-0.05, 0) is 13.8 Å². The van der Waals surface area contributed by atoms with Gasteiger partial charge in [-0.3, -0.25) is 0 Å². The summed E-state index contributed by atoms with van der Waals surface area (Å²) in [4.78, 5) is 9.60. The first-order valence-electron chi connectivity index (χ1n) is 5.30. The lowest BCUT2D eigenvalue weighted by molar-refractivity contribution is -0.132. The molecule has 0 heterocycles. The van der Waals surface area contributed by atoms with Crippen molar-refractivity contribution in [3.8, 4) is 0 Å². The molecule has 0 atom stereocenters. The van der Waals surface area contributed by atoms with Crippen molar-refractivity contribution in [3.05, 3.63) is 42.0 Å². The number of benzene rings is 1. The zero-order chi connectivity index (χ0) is 12.7. The van der Waals surface area contributed by atoms with E-state index in [4.69, 9.17) is 5.11 Å². The number of hydrogen-bond acceptors (Lipinski definition) is 1. The third-order valence-electron chi connectivity index (χ3n) is 2.11. The molecule has 2 nitrogen and oxygen atoms in total. The van der Waals surface area contributed by atoms with Gasteiger partial charge in [0.25, 0.3) is 0 Å². The molecule has 3 heteroatoms. The van der Waals surface area contributed by atoms with Crippen molar-refractivity contribution in [3.63, 3.8) is 0 Å². The first-order valence-corrected chi connectivity index (χ1v) is 8.18. The minimum atomic E-state index is -0.935. The van der Waals surface area contributed by atoms with Gasteiger partial charge in [0.2, 0.25) is 0 Å². The summed E-state index contributed by atoms with van der Waals surface area (Å²) >= 11 is 0. The third kappa shape index (κ3) is 6.19. The maximum absolute atomic E-state index is 9.60. The molecule has 0 unspecified atom stereocenters. The Labute approximate surface area is 99.2 Å². The molecule has 1 rings (SSSR count). The largest absolute Gasteiger partial charge is 0.478 e. The number of aryl methyl sites for hydroxylation is 1. The summed E-state index contributed by atoms with van der Waals surface area (Å²) in [6, 6.07) is 8.91. The van der Waals surface area contributed by atoms with Gasteiger partial charge in [0.1, 0.15) is 0 Å². The van der Waals surface area contributed by atoms with Crippen LogP contribution in [0.4, 0.5) is 0 Å². The molecule has 0 amide bonds. The van der Waals surface area contributed by atoms with E-state index in [9.17, 15) is 4.79 Å². The smallest absolute Gasteiger partial charge is 0.330 e. The number of aliphatic carboxylic acids is 1. The van der Waals surface area contributed by atoms with Gasteiger partial charge in [-0.2, -0.15) is 0 Å². The first-order chi connectivity index (χ1) is 7.34. The van der Waals surface area contributed by atoms with E-state index < -0.39 is 14.8 Å². The second-order valence-electron chi connectivity index (χ2n) is 4.15. The normalized spacial score (nSPS) is 9.31. The Kier molecular flexibility index (Phi) is 6.42. The fraction of sp³-hybridized carbons (Fsp3) is 0.308. The number of rotatable bonds is 2. The van der Waals surface area contributed by atoms with Gasteiger partial charge in [-0.1, -0.05) is 54.7 Å². The molecule has 88 valence electrons. The van der Waals surface area contributed by atoms with E-state index >= 15 is 0 Å². The van der Waals surface area contributed by atoms with Crippen molar-refractivity contribution in [1.29, 1.82) is 0 Å². The summed E-state index contributed by atoms with van der Waals surface area (Å²) in [5.74, 6) is -0.935. The van der Waals surface area contributed by atoms with Crippen LogP contribution in [0.5, 0.6) is 0 Å². The van der Waals surface area contributed by atoms with Crippen LogP contribution in [0.15, 0.2) is 36.4 Å². The zero-order valence-corrected chi connectivity index (χ0v) is 11.6. The average Bonchev–Trinajstić information content (AvgIpc) is 2.19. The van der Waals surface area contributed by atoms with Crippen molar-refractivity contribution in [2.24, 2.45) is 0 Å². The van der Waals surface area contributed by atoms with Crippen LogP contribution in [0.25, 0.3) is 0 Å². The molecule has 0 aliphatic rings. The molecular weight excluding hydrogens is 216 g/mol. The molecule has 0 bridgehead atoms. The SMILES string of the molecule is C=C(C)C(=O)O.Cc1ccc([SiH](C)C)cc1. The molecule has 0 aliphatic heterocycles. The van der Waals surface area contributed by atoms with Gasteiger partial charge in [-0.15, -0.1) is 0 Å². The molecule has 0 aromatic heterocycles. The quantitative estimate of drug-likeness (QED) is 0.632. The summed E-state index contributed by atoms with van der Waals surface area (Å²) in [5, 5.41) is 9.45. The highest BCUT2D eigenvalue weighted by atomic mass is 28.3. The van der Waals surface area contributed by atoms with E-state index in [0.717, 1.165) is 0 Å². The molecule has 1 aromatic carbocycles. The highest BCUT2D eigenvalue weighted by molar-refractivity contribution is 6.70. The van der Waals surface area contributed by atoms with Crippen LogP contribution in [0.3, 0.4) is 0 Å². The molecule has 0 saturated carbocycles. The fourth-order valence-corrected chi connectivity index (χ4v) is 1.91. The minimum Gasteiger partial charge on any atom is -0.478 e. The topological polar surface area (TPSA) is 37.3 Å². The second kappa shape index (κ2) is 7.01. The van der Waals surface area contributed by atoms with E-state index in [0.29, 0.717) is 0 Å². The van der Waals surface area contributed by atoms with Gasteiger partial charge in [0.05, 0.1) is 8.80 Å². The molecule has 16 heavy (non-hydrogen) atoms. The Morgan fingerprint density at radius 3 is 1.88 bits per heavy atom. The van der Waals surface area contributed by atoms with Crippen LogP contribution in [0, 0.1) is 6.92 Å². The van der Waals surface area contributed by atoms with E-state index in [1.165, 1.54) is 12.5 Å². The van der Waals surface area contributed by atoms with Crippen molar-refractivity contribution < 1.29 is 9.90 Å². The Hall–Kier alpha value is -1.35. The Morgan fingerprint density at radius 2 is 1.62 bits per heavy atom. The Balaban J connectivity index is 0.000000325. The third-order valence-corrected chi connectivity index (χ3v) is 3.83. The highest BCUT2D eigenvalue weighted by Gasteiger charge is 1.97. The monoisotopic (exact) mass is 236 g/mol. The highest BCUT2D eigenvalue weighted by Crippen LogP contribution is 1.94. The van der Waals surface area contributed by atoms with Crippen LogP contribution >= 0.6 is 0 Å². The van der Waals surface area contributed by atoms with Crippen molar-refractivity contribution >= 4 is 20.0 Å². The molecule has 0 radical (unpaired) electrons. The molecular formula is C13H20O2Si. The molecule has 1 N–H and O–H groups in total. The van der Waals surface area contributed by atoms with E-state index in [-0.39, 0.29) is 5.57 Å². The summed E-state index contributed by atoms with van der Waals surface area (Å²) < 4.78 is 0. The predicted octanol–water partition coefficient (Wildman–Crippen LogP) is 2.34. The predicted molar refractivity (Wildman–Crippen MR) is 72.1 cm³/mol. The van der Waals surface area contributed by atoms with Crippen LogP contribution < -0.4 is 5.19 Å². The van der Waals surface area contributed by atoms with Gasteiger partial charge in [0, 0.05) is 5.57 Å². The molecule has 0 fully saturated rings. The van der Waals surface area contributed by atoms with Crippen molar-refractivity contribution in [2.75, 3.05) is 0 Å². The van der Waals surface area contributed by atoms with Gasteiger partial charge in [-0.25, -0.2) is 4.79 Å². The van der Waals surface area contributed by atoms with Crippen molar-refractivity contribution in [1.82, 2.24) is 0 Å². The number of hydrogen-bond donors (Lipinski definition) is 1. The lowest BCUT2D eigenvalue weighted by Gasteiger charge is -2.02. The first kappa shape index (κ1) is 14.6. The Morgan fingerprint density at radius 1 is 1.25 bits per heavy atom. The lowest BCUT2D eigenvalue weighted by Crippen LogP contribution is -2.21. The van der Waals surface area contributed by atoms with Gasteiger partial charge in [0.15, 0.2) is 0 Å². The molecule has 0 aliphatic carbocycles. The van der Waals surface area contributed by atoms with Gasteiger partial charge < -0.3 is 5.11 Å². The van der Waals surface area contributed by atoms with Crippen LogP contribution in [-0.4, -0.2) is 19.9 Å². The molecule has 1 aromatic rings. The minimum absolute atomic E-state index is 0.176. The van der Waals surface area contributed by atoms with E-state index in [1.54, 1.807) is 5.19 Å². The van der Waals surface area contributed by atoms with E-state index in [1.807, 2.05) is 0 Å². The van der Waals surface area contributed by atoms with Crippen molar-refractivity contribution in [2.45, 2.75) is 26.9 Å². The summed E-state index contributed by atoms with van der Waals surface area (Å²) in [5.41, 5.74) is 1.54. The van der Waals surface area contributed by atoms with E-state index in [2.05, 4.69) is 50.9 Å². The van der Waals surface area contributed by atoms with Gasteiger partial charge >= 0.3 is 5.97 Å². The Bertz CT molecular complexity index is 341. The number of carboxylic acids is 1. The number of carbonyl (C=O) groups is 1. The van der Waals surface area contributed by atoms with Crippen LogP contribution in [0.1, 0.15) is 12.5 Å². The second-order valence-corrected chi connectivity index (χ2v) is 7.13. The maximum Gasteiger partial charge on any atom is 0.330 e. The standard InChI is InChI=1S/C9H14Si.C4H6O2/c1-8-4-6-9(7-5-8)10(2)3;1-3(2)4(5)6/h4-7,10H,1-3H3;1H2,2H3,(H,5,6). The molecule has 0 saturated heterocycles. The maximum atomic E-state index is 9.60. The zero-order valence-electron chi connectivity index (χ0n) is 10.4. The molecule has 0 spiro atoms. The summed E-state index contributed by atoms with van der Waals surface area (Å²) in [6.45, 7) is 11.4. The lowest BCUT2D eigenvalue weighted by atomic mass is 10.2. The van der Waals surface area contributed by atoms with Crippen LogP contribution in [0.2, 0.25) is 13.1 Å².